The van der Waals surface area contributed by atoms with Gasteiger partial charge in [-0.15, -0.1) is 0 Å². The summed E-state index contributed by atoms with van der Waals surface area (Å²) in [7, 11) is -2.27. The summed E-state index contributed by atoms with van der Waals surface area (Å²) in [4.78, 5) is 0.111. The van der Waals surface area contributed by atoms with Crippen molar-refractivity contribution in [2.24, 2.45) is 5.92 Å². The van der Waals surface area contributed by atoms with Gasteiger partial charge in [0.25, 0.3) is 0 Å². The molecule has 6 heteroatoms. The van der Waals surface area contributed by atoms with E-state index in [0.717, 1.165) is 24.0 Å². The number of hydrogen-bond donors (Lipinski definition) is 2. The van der Waals surface area contributed by atoms with Crippen molar-refractivity contribution in [3.05, 3.63) is 23.3 Å². The molecule has 0 bridgehead atoms. The molecule has 0 saturated heterocycles. The van der Waals surface area contributed by atoms with Crippen LogP contribution < -0.4 is 9.46 Å². The molecule has 1 aromatic rings. The van der Waals surface area contributed by atoms with Gasteiger partial charge >= 0.3 is 0 Å². The summed E-state index contributed by atoms with van der Waals surface area (Å²) in [6, 6.07) is 3.31. The number of methoxy groups -OCH3 is 1. The number of benzene rings is 1. The Morgan fingerprint density at radius 3 is 2.43 bits per heavy atom. The summed E-state index contributed by atoms with van der Waals surface area (Å²) in [6.07, 6.45) is 1.89. The normalized spacial score (nSPS) is 18.3. The summed E-state index contributed by atoms with van der Waals surface area (Å²) in [5, 5.41) is 10.2. The van der Waals surface area contributed by atoms with Crippen molar-refractivity contribution in [3.8, 4) is 5.75 Å². The minimum absolute atomic E-state index is 0.01000. The summed E-state index contributed by atoms with van der Waals surface area (Å²) >= 11 is 0. The molecule has 1 aliphatic rings. The maximum absolute atomic E-state index is 12.5. The molecule has 0 aliphatic heterocycles. The fourth-order valence-corrected chi connectivity index (χ4v) is 3.68. The Hall–Kier alpha value is -1.11. The molecule has 21 heavy (non-hydrogen) atoms. The van der Waals surface area contributed by atoms with Crippen LogP contribution in [0.1, 0.15) is 30.9 Å². The average molecular weight is 313 g/mol. The number of ether oxygens (including phenoxy) is 1. The van der Waals surface area contributed by atoms with Crippen molar-refractivity contribution in [2.75, 3.05) is 13.7 Å². The molecule has 118 valence electrons. The third kappa shape index (κ3) is 3.56. The molecule has 0 aromatic heterocycles. The summed E-state index contributed by atoms with van der Waals surface area (Å²) in [6.45, 7) is 5.44. The van der Waals surface area contributed by atoms with E-state index in [9.17, 15) is 13.5 Å². The Balaban J connectivity index is 2.25. The SMILES string of the molecule is COc1cc(C)c(C)cc1S(=O)(=O)NCC(C)(O)C1CC1. The van der Waals surface area contributed by atoms with E-state index in [1.54, 1.807) is 19.1 Å². The van der Waals surface area contributed by atoms with Crippen LogP contribution in [0, 0.1) is 19.8 Å². The first-order valence-electron chi connectivity index (χ1n) is 7.04. The zero-order valence-electron chi connectivity index (χ0n) is 12.9. The Morgan fingerprint density at radius 1 is 1.33 bits per heavy atom. The van der Waals surface area contributed by atoms with E-state index in [-0.39, 0.29) is 17.4 Å². The predicted octanol–water partition coefficient (Wildman–Crippen LogP) is 1.75. The molecule has 1 fully saturated rings. The molecule has 2 N–H and O–H groups in total. The van der Waals surface area contributed by atoms with E-state index < -0.39 is 15.6 Å². The summed E-state index contributed by atoms with van der Waals surface area (Å²) in [5.74, 6) is 0.499. The minimum Gasteiger partial charge on any atom is -0.495 e. The van der Waals surface area contributed by atoms with Gasteiger partial charge in [-0.2, -0.15) is 0 Å². The van der Waals surface area contributed by atoms with E-state index in [1.807, 2.05) is 13.8 Å². The van der Waals surface area contributed by atoms with Gasteiger partial charge in [0, 0.05) is 6.54 Å². The van der Waals surface area contributed by atoms with Crippen LogP contribution in [0.25, 0.3) is 0 Å². The highest BCUT2D eigenvalue weighted by Gasteiger charge is 2.40. The van der Waals surface area contributed by atoms with Crippen molar-refractivity contribution >= 4 is 10.0 Å². The van der Waals surface area contributed by atoms with Crippen molar-refractivity contribution < 1.29 is 18.3 Å². The quantitative estimate of drug-likeness (QED) is 0.839. The molecule has 1 saturated carbocycles. The molecule has 1 aromatic carbocycles. The largest absolute Gasteiger partial charge is 0.495 e. The maximum atomic E-state index is 12.5. The number of aryl methyl sites for hydroxylation is 2. The van der Waals surface area contributed by atoms with Crippen LogP contribution >= 0.6 is 0 Å². The van der Waals surface area contributed by atoms with E-state index in [2.05, 4.69) is 4.72 Å². The van der Waals surface area contributed by atoms with Crippen molar-refractivity contribution in [1.82, 2.24) is 4.72 Å². The molecule has 2 rings (SSSR count). The van der Waals surface area contributed by atoms with Gasteiger partial charge in [0.05, 0.1) is 12.7 Å². The molecule has 0 spiro atoms. The van der Waals surface area contributed by atoms with E-state index in [4.69, 9.17) is 4.74 Å². The van der Waals surface area contributed by atoms with Crippen molar-refractivity contribution in [1.29, 1.82) is 0 Å². The van der Waals surface area contributed by atoms with Crippen LogP contribution in [0.15, 0.2) is 17.0 Å². The molecule has 0 radical (unpaired) electrons. The number of sulfonamides is 1. The minimum atomic E-state index is -3.72. The van der Waals surface area contributed by atoms with Crippen molar-refractivity contribution in [3.63, 3.8) is 0 Å². The predicted molar refractivity (Wildman–Crippen MR) is 81.0 cm³/mol. The van der Waals surface area contributed by atoms with Gasteiger partial charge in [-0.25, -0.2) is 13.1 Å². The van der Waals surface area contributed by atoms with Gasteiger partial charge in [0.15, 0.2) is 0 Å². The molecule has 1 unspecified atom stereocenters. The van der Waals surface area contributed by atoms with Gasteiger partial charge in [-0.05, 0) is 62.8 Å². The standard InChI is InChI=1S/C15H23NO4S/c1-10-7-13(20-4)14(8-11(10)2)21(18,19)16-9-15(3,17)12-5-6-12/h7-8,12,16-17H,5-6,9H2,1-4H3. The van der Waals surface area contributed by atoms with Crippen LogP contribution in [0.5, 0.6) is 5.75 Å². The zero-order chi connectivity index (χ0) is 15.8. The van der Waals surface area contributed by atoms with Crippen LogP contribution in [0.3, 0.4) is 0 Å². The molecule has 5 nitrogen and oxygen atoms in total. The number of nitrogens with one attached hydrogen (secondary N) is 1. The lowest BCUT2D eigenvalue weighted by molar-refractivity contribution is 0.0422. The van der Waals surface area contributed by atoms with Crippen LogP contribution in [0.4, 0.5) is 0 Å². The van der Waals surface area contributed by atoms with Crippen LogP contribution in [-0.4, -0.2) is 32.8 Å². The van der Waals surface area contributed by atoms with E-state index in [1.165, 1.54) is 7.11 Å². The lowest BCUT2D eigenvalue weighted by atomic mass is 10.0. The third-order valence-electron chi connectivity index (χ3n) is 4.15. The molecule has 0 heterocycles. The smallest absolute Gasteiger partial charge is 0.244 e. The van der Waals surface area contributed by atoms with Crippen LogP contribution in [0.2, 0.25) is 0 Å². The average Bonchev–Trinajstić information content (AvgIpc) is 3.24. The van der Waals surface area contributed by atoms with E-state index in [0.29, 0.717) is 5.75 Å². The third-order valence-corrected chi connectivity index (χ3v) is 5.57. The fraction of sp³-hybridized carbons (Fsp3) is 0.600. The number of hydrogen-bond acceptors (Lipinski definition) is 4. The van der Waals surface area contributed by atoms with Crippen molar-refractivity contribution in [2.45, 2.75) is 44.1 Å². The maximum Gasteiger partial charge on any atom is 0.244 e. The Labute approximate surface area is 126 Å². The Morgan fingerprint density at radius 2 is 1.90 bits per heavy atom. The second kappa shape index (κ2) is 5.59. The Kier molecular flexibility index (Phi) is 4.33. The highest BCUT2D eigenvalue weighted by atomic mass is 32.2. The molecule has 0 amide bonds. The van der Waals surface area contributed by atoms with Gasteiger partial charge in [-0.1, -0.05) is 0 Å². The second-order valence-electron chi connectivity index (χ2n) is 6.04. The summed E-state index contributed by atoms with van der Waals surface area (Å²) < 4.78 is 32.6. The Bertz CT molecular complexity index is 633. The first-order valence-corrected chi connectivity index (χ1v) is 8.53. The second-order valence-corrected chi connectivity index (χ2v) is 7.78. The van der Waals surface area contributed by atoms with Gasteiger partial charge in [0.2, 0.25) is 10.0 Å². The van der Waals surface area contributed by atoms with Gasteiger partial charge < -0.3 is 9.84 Å². The fourth-order valence-electron chi connectivity index (χ4n) is 2.30. The van der Waals surface area contributed by atoms with Gasteiger partial charge in [0.1, 0.15) is 10.6 Å². The first kappa shape index (κ1) is 16.3. The lowest BCUT2D eigenvalue weighted by Crippen LogP contribution is -2.42. The lowest BCUT2D eigenvalue weighted by Gasteiger charge is -2.23. The van der Waals surface area contributed by atoms with Gasteiger partial charge in [-0.3, -0.25) is 0 Å². The number of aliphatic hydroxyl groups is 1. The topological polar surface area (TPSA) is 75.6 Å². The zero-order valence-corrected chi connectivity index (χ0v) is 13.8. The highest BCUT2D eigenvalue weighted by Crippen LogP contribution is 2.39. The van der Waals surface area contributed by atoms with E-state index >= 15 is 0 Å². The van der Waals surface area contributed by atoms with Crippen LogP contribution in [-0.2, 0) is 10.0 Å². The molecule has 1 aliphatic carbocycles. The highest BCUT2D eigenvalue weighted by molar-refractivity contribution is 7.89. The molecule has 1 atom stereocenters. The first-order chi connectivity index (χ1) is 9.67. The summed E-state index contributed by atoms with van der Waals surface area (Å²) in [5.41, 5.74) is 0.848. The monoisotopic (exact) mass is 313 g/mol. The molecular formula is C15H23NO4S. The molecular weight excluding hydrogens is 290 g/mol. The number of rotatable bonds is 6.